The second-order valence-corrected chi connectivity index (χ2v) is 10.0. The molecule has 1 atom stereocenters. The van der Waals surface area contributed by atoms with Crippen LogP contribution in [-0.2, 0) is 24.3 Å². The monoisotopic (exact) mass is 493 g/mol. The molecule has 0 radical (unpaired) electrons. The Morgan fingerprint density at radius 2 is 1.64 bits per heavy atom. The van der Waals surface area contributed by atoms with Crippen molar-refractivity contribution in [1.29, 1.82) is 0 Å². The first-order valence-electron chi connectivity index (χ1n) is 10.2. The van der Waals surface area contributed by atoms with Gasteiger partial charge in [0.25, 0.3) is 5.91 Å². The van der Waals surface area contributed by atoms with E-state index in [1.54, 1.807) is 0 Å². The lowest BCUT2D eigenvalue weighted by molar-refractivity contribution is -0.158. The summed E-state index contributed by atoms with van der Waals surface area (Å²) in [6, 6.07) is 11.9. The molecule has 1 fully saturated rings. The third-order valence-electron chi connectivity index (χ3n) is 5.34. The zero-order valence-electron chi connectivity index (χ0n) is 17.9. The summed E-state index contributed by atoms with van der Waals surface area (Å²) in [5.41, 5.74) is 5.91. The first kappa shape index (κ1) is 24.7. The molecule has 33 heavy (non-hydrogen) atoms. The molecule has 0 aliphatic carbocycles. The summed E-state index contributed by atoms with van der Waals surface area (Å²) in [5, 5.41) is 3.04. The molecule has 3 rings (SSSR count). The van der Waals surface area contributed by atoms with Crippen molar-refractivity contribution in [1.82, 2.24) is 4.31 Å². The molecule has 176 valence electrons. The molecule has 0 unspecified atom stereocenters. The molecular weight excluding hydrogens is 470 g/mol. The van der Waals surface area contributed by atoms with Crippen LogP contribution in [0.4, 0.5) is 5.69 Å². The second kappa shape index (κ2) is 10.3. The maximum Gasteiger partial charge on any atom is 0.309 e. The Morgan fingerprint density at radius 1 is 1.06 bits per heavy atom. The van der Waals surface area contributed by atoms with Crippen LogP contribution in [0.15, 0.2) is 53.4 Å². The highest BCUT2D eigenvalue weighted by Crippen LogP contribution is 2.26. The Labute approximate surface area is 196 Å². The smallest absolute Gasteiger partial charge is 0.309 e. The van der Waals surface area contributed by atoms with Gasteiger partial charge in [-0.05, 0) is 68.3 Å². The van der Waals surface area contributed by atoms with Crippen molar-refractivity contribution in [2.75, 3.05) is 18.4 Å². The van der Waals surface area contributed by atoms with Gasteiger partial charge in [-0.2, -0.15) is 4.31 Å². The molecule has 0 spiro atoms. The molecule has 1 aliphatic heterocycles. The van der Waals surface area contributed by atoms with E-state index in [4.69, 9.17) is 22.1 Å². The number of carbonyl (C=O) groups is 3. The fraction of sp³-hybridized carbons (Fsp3) is 0.318. The predicted octanol–water partition coefficient (Wildman–Crippen LogP) is 2.41. The second-order valence-electron chi connectivity index (χ2n) is 7.64. The van der Waals surface area contributed by atoms with Crippen LogP contribution < -0.4 is 11.1 Å². The van der Waals surface area contributed by atoms with Crippen molar-refractivity contribution in [3.8, 4) is 0 Å². The van der Waals surface area contributed by atoms with Crippen LogP contribution in [0.3, 0.4) is 0 Å². The highest BCUT2D eigenvalue weighted by Gasteiger charge is 2.34. The van der Waals surface area contributed by atoms with E-state index in [0.29, 0.717) is 16.3 Å². The molecular formula is C22H24ClN3O6S. The SMILES string of the molecule is C[C@H](OC(=O)C1CCN(S(=O)(=O)c2ccc(Cl)cc2)CC1)C(=O)Nc1ccc(C(N)=O)cc1. The van der Waals surface area contributed by atoms with E-state index in [2.05, 4.69) is 5.32 Å². The summed E-state index contributed by atoms with van der Waals surface area (Å²) in [6.45, 7) is 1.78. The number of sulfonamides is 1. The van der Waals surface area contributed by atoms with Crippen molar-refractivity contribution in [2.45, 2.75) is 30.8 Å². The van der Waals surface area contributed by atoms with Crippen LogP contribution in [0.25, 0.3) is 0 Å². The minimum absolute atomic E-state index is 0.141. The van der Waals surface area contributed by atoms with E-state index in [1.807, 2.05) is 0 Å². The summed E-state index contributed by atoms with van der Waals surface area (Å²) in [5.74, 6) is -2.17. The van der Waals surface area contributed by atoms with Crippen LogP contribution in [0.2, 0.25) is 5.02 Å². The fourth-order valence-electron chi connectivity index (χ4n) is 3.37. The Balaban J connectivity index is 1.51. The van der Waals surface area contributed by atoms with E-state index >= 15 is 0 Å². The van der Waals surface area contributed by atoms with Gasteiger partial charge in [0.05, 0.1) is 10.8 Å². The molecule has 0 saturated carbocycles. The minimum atomic E-state index is -3.68. The van der Waals surface area contributed by atoms with E-state index in [-0.39, 0.29) is 30.8 Å². The third kappa shape index (κ3) is 6.10. The van der Waals surface area contributed by atoms with Crippen LogP contribution in [0, 0.1) is 5.92 Å². The molecule has 2 amide bonds. The number of esters is 1. The minimum Gasteiger partial charge on any atom is -0.452 e. The number of amides is 2. The highest BCUT2D eigenvalue weighted by molar-refractivity contribution is 7.89. The molecule has 3 N–H and O–H groups in total. The molecule has 11 heteroatoms. The maximum absolute atomic E-state index is 12.8. The number of halogens is 1. The number of anilines is 1. The number of nitrogens with two attached hydrogens (primary N) is 1. The molecule has 9 nitrogen and oxygen atoms in total. The van der Waals surface area contributed by atoms with E-state index < -0.39 is 39.8 Å². The van der Waals surface area contributed by atoms with Crippen LogP contribution >= 0.6 is 11.6 Å². The largest absolute Gasteiger partial charge is 0.452 e. The summed E-state index contributed by atoms with van der Waals surface area (Å²) < 4.78 is 32.1. The van der Waals surface area contributed by atoms with Crippen molar-refractivity contribution in [3.63, 3.8) is 0 Å². The van der Waals surface area contributed by atoms with Gasteiger partial charge >= 0.3 is 5.97 Å². The van der Waals surface area contributed by atoms with E-state index in [1.165, 1.54) is 59.8 Å². The maximum atomic E-state index is 12.8. The molecule has 1 aliphatic rings. The number of piperidine rings is 1. The Bertz CT molecular complexity index is 1130. The quantitative estimate of drug-likeness (QED) is 0.568. The number of rotatable bonds is 7. The number of primary amides is 1. The van der Waals surface area contributed by atoms with Gasteiger partial charge in [0.15, 0.2) is 6.10 Å². The van der Waals surface area contributed by atoms with Gasteiger partial charge in [0, 0.05) is 29.4 Å². The zero-order chi connectivity index (χ0) is 24.2. The number of benzene rings is 2. The first-order valence-corrected chi connectivity index (χ1v) is 12.1. The summed E-state index contributed by atoms with van der Waals surface area (Å²) in [4.78, 5) is 36.1. The fourth-order valence-corrected chi connectivity index (χ4v) is 4.97. The van der Waals surface area contributed by atoms with Crippen molar-refractivity contribution >= 4 is 45.1 Å². The van der Waals surface area contributed by atoms with Crippen LogP contribution in [-0.4, -0.2) is 49.7 Å². The Morgan fingerprint density at radius 3 is 2.18 bits per heavy atom. The zero-order valence-corrected chi connectivity index (χ0v) is 19.4. The number of hydrogen-bond donors (Lipinski definition) is 2. The molecule has 2 aromatic rings. The summed E-state index contributed by atoms with van der Waals surface area (Å²) in [6.07, 6.45) is -0.479. The number of nitrogens with one attached hydrogen (secondary N) is 1. The predicted molar refractivity (Wildman–Crippen MR) is 122 cm³/mol. The van der Waals surface area contributed by atoms with E-state index in [0.717, 1.165) is 0 Å². The van der Waals surface area contributed by atoms with Crippen molar-refractivity contribution in [2.24, 2.45) is 11.7 Å². The van der Waals surface area contributed by atoms with Crippen LogP contribution in [0.1, 0.15) is 30.1 Å². The van der Waals surface area contributed by atoms with Crippen molar-refractivity contribution < 1.29 is 27.5 Å². The van der Waals surface area contributed by atoms with Gasteiger partial charge in [0.1, 0.15) is 0 Å². The molecule has 0 bridgehead atoms. The lowest BCUT2D eigenvalue weighted by Gasteiger charge is -2.30. The van der Waals surface area contributed by atoms with Gasteiger partial charge in [-0.3, -0.25) is 14.4 Å². The number of nitrogens with zero attached hydrogens (tertiary/aromatic N) is 1. The average molecular weight is 494 g/mol. The summed E-state index contributed by atoms with van der Waals surface area (Å²) >= 11 is 5.82. The number of carbonyl (C=O) groups excluding carboxylic acids is 3. The van der Waals surface area contributed by atoms with Crippen molar-refractivity contribution in [3.05, 3.63) is 59.1 Å². The standard InChI is InChI=1S/C22H24ClN3O6S/c1-14(21(28)25-18-6-2-15(3-7-18)20(24)27)32-22(29)16-10-12-26(13-11-16)33(30,31)19-8-4-17(23)5-9-19/h2-9,14,16H,10-13H2,1H3,(H2,24,27)(H,25,28)/t14-/m0/s1. The molecule has 2 aromatic carbocycles. The Kier molecular flexibility index (Phi) is 7.72. The van der Waals surface area contributed by atoms with Gasteiger partial charge in [-0.15, -0.1) is 0 Å². The topological polar surface area (TPSA) is 136 Å². The van der Waals surface area contributed by atoms with Gasteiger partial charge in [-0.25, -0.2) is 8.42 Å². The number of hydrogen-bond acceptors (Lipinski definition) is 6. The van der Waals surface area contributed by atoms with Gasteiger partial charge in [-0.1, -0.05) is 11.6 Å². The third-order valence-corrected chi connectivity index (χ3v) is 7.50. The lowest BCUT2D eigenvalue weighted by atomic mass is 9.98. The molecule has 1 saturated heterocycles. The summed E-state index contributed by atoms with van der Waals surface area (Å²) in [7, 11) is -3.68. The molecule has 0 aromatic heterocycles. The average Bonchev–Trinajstić information content (AvgIpc) is 2.79. The van der Waals surface area contributed by atoms with E-state index in [9.17, 15) is 22.8 Å². The normalized spacial score (nSPS) is 16.1. The highest BCUT2D eigenvalue weighted by atomic mass is 35.5. The van der Waals surface area contributed by atoms with Gasteiger partial charge < -0.3 is 15.8 Å². The lowest BCUT2D eigenvalue weighted by Crippen LogP contribution is -2.41. The first-order chi connectivity index (χ1) is 15.6. The Hall–Kier alpha value is -2.95. The van der Waals surface area contributed by atoms with Gasteiger partial charge in [0.2, 0.25) is 15.9 Å². The molecule has 1 heterocycles. The van der Waals surface area contributed by atoms with Crippen LogP contribution in [0.5, 0.6) is 0 Å². The number of ether oxygens (including phenoxy) is 1.